The van der Waals surface area contributed by atoms with Crippen molar-refractivity contribution >= 4 is 5.97 Å². The van der Waals surface area contributed by atoms with E-state index in [1.165, 1.54) is 0 Å². The van der Waals surface area contributed by atoms with Crippen LogP contribution < -0.4 is 9.47 Å². The minimum absolute atomic E-state index is 0.239. The van der Waals surface area contributed by atoms with E-state index in [0.717, 1.165) is 5.56 Å². The van der Waals surface area contributed by atoms with Crippen molar-refractivity contribution < 1.29 is 24.1 Å². The number of ether oxygens (including phenoxy) is 3. The van der Waals surface area contributed by atoms with Crippen molar-refractivity contribution in [3.8, 4) is 11.5 Å². The zero-order chi connectivity index (χ0) is 15.1. The molecular weight excluding hydrogens is 260 g/mol. The number of hydrogen-bond donors (Lipinski definition) is 1. The Morgan fingerprint density at radius 3 is 2.45 bits per heavy atom. The molecule has 0 aliphatic rings. The van der Waals surface area contributed by atoms with Gasteiger partial charge >= 0.3 is 5.97 Å². The van der Waals surface area contributed by atoms with Crippen LogP contribution in [0.5, 0.6) is 11.5 Å². The van der Waals surface area contributed by atoms with Crippen LogP contribution in [0.25, 0.3) is 0 Å². The molecule has 0 aromatic heterocycles. The Bertz CT molecular complexity index is 442. The van der Waals surface area contributed by atoms with Gasteiger partial charge in [0, 0.05) is 12.0 Å². The van der Waals surface area contributed by atoms with Gasteiger partial charge < -0.3 is 19.3 Å². The minimum atomic E-state index is -0.976. The van der Waals surface area contributed by atoms with E-state index in [2.05, 4.69) is 0 Å². The summed E-state index contributed by atoms with van der Waals surface area (Å²) in [4.78, 5) is 11.3. The number of benzene rings is 1. The molecule has 1 atom stereocenters. The summed E-state index contributed by atoms with van der Waals surface area (Å²) >= 11 is 0. The molecule has 1 aromatic carbocycles. The Morgan fingerprint density at radius 2 is 1.95 bits per heavy atom. The number of hydrogen-bond acceptors (Lipinski definition) is 4. The molecule has 0 radical (unpaired) electrons. The van der Waals surface area contributed by atoms with Crippen molar-refractivity contribution in [3.63, 3.8) is 0 Å². The van der Waals surface area contributed by atoms with Crippen LogP contribution in [-0.2, 0) is 16.0 Å². The van der Waals surface area contributed by atoms with Crippen molar-refractivity contribution in [1.82, 2.24) is 0 Å². The van der Waals surface area contributed by atoms with Crippen LogP contribution in [0.3, 0.4) is 0 Å². The maximum atomic E-state index is 11.3. The summed E-state index contributed by atoms with van der Waals surface area (Å²) in [5, 5.41) is 9.24. The Balaban J connectivity index is 2.88. The van der Waals surface area contributed by atoms with Crippen LogP contribution in [0.4, 0.5) is 0 Å². The number of carboxylic acids is 1. The highest BCUT2D eigenvalue weighted by molar-refractivity contribution is 5.73. The molecule has 0 aliphatic carbocycles. The first-order chi connectivity index (χ1) is 9.47. The molecule has 0 amide bonds. The summed E-state index contributed by atoms with van der Waals surface area (Å²) in [6.45, 7) is 4.36. The second kappa shape index (κ2) is 7.75. The van der Waals surface area contributed by atoms with Crippen LogP contribution in [0.2, 0.25) is 0 Å². The molecular formula is C15H22O5. The highest BCUT2D eigenvalue weighted by atomic mass is 16.5. The number of carbonyl (C=O) groups is 1. The van der Waals surface area contributed by atoms with Gasteiger partial charge in [-0.1, -0.05) is 13.8 Å². The van der Waals surface area contributed by atoms with Gasteiger partial charge in [-0.15, -0.1) is 0 Å². The molecule has 0 fully saturated rings. The Morgan fingerprint density at radius 1 is 1.25 bits per heavy atom. The summed E-state index contributed by atoms with van der Waals surface area (Å²) in [6, 6.07) is 5.30. The van der Waals surface area contributed by atoms with E-state index in [-0.39, 0.29) is 12.3 Å². The first-order valence-corrected chi connectivity index (χ1v) is 6.53. The highest BCUT2D eigenvalue weighted by Gasteiger charge is 2.21. The first kappa shape index (κ1) is 16.3. The highest BCUT2D eigenvalue weighted by Crippen LogP contribution is 2.25. The summed E-state index contributed by atoms with van der Waals surface area (Å²) in [5.74, 6) is 0.596. The molecule has 0 heterocycles. The predicted octanol–water partition coefficient (Wildman–Crippen LogP) is 2.37. The molecule has 1 N–H and O–H groups in total. The average molecular weight is 282 g/mol. The second-order valence-electron chi connectivity index (χ2n) is 4.94. The fraction of sp³-hybridized carbons (Fsp3) is 0.533. The number of aliphatic carboxylic acids is 1. The van der Waals surface area contributed by atoms with E-state index >= 15 is 0 Å². The molecule has 0 unspecified atom stereocenters. The summed E-state index contributed by atoms with van der Waals surface area (Å²) in [5.41, 5.74) is 0.753. The van der Waals surface area contributed by atoms with Gasteiger partial charge in [-0.25, -0.2) is 4.79 Å². The van der Waals surface area contributed by atoms with Crippen LogP contribution in [0.1, 0.15) is 19.4 Å². The first-order valence-electron chi connectivity index (χ1n) is 6.53. The van der Waals surface area contributed by atoms with Crippen molar-refractivity contribution in [2.45, 2.75) is 26.4 Å². The summed E-state index contributed by atoms with van der Waals surface area (Å²) in [7, 11) is 3.12. The van der Waals surface area contributed by atoms with Gasteiger partial charge in [-0.3, -0.25) is 0 Å². The molecule has 0 bridgehead atoms. The van der Waals surface area contributed by atoms with Crippen LogP contribution in [0, 0.1) is 5.92 Å². The molecule has 5 nitrogen and oxygen atoms in total. The number of rotatable bonds is 8. The fourth-order valence-corrected chi connectivity index (χ4v) is 1.77. The minimum Gasteiger partial charge on any atom is -0.497 e. The lowest BCUT2D eigenvalue weighted by Crippen LogP contribution is -2.28. The summed E-state index contributed by atoms with van der Waals surface area (Å²) < 4.78 is 15.8. The van der Waals surface area contributed by atoms with Crippen LogP contribution in [-0.4, -0.2) is 38.0 Å². The maximum Gasteiger partial charge on any atom is 0.333 e. The largest absolute Gasteiger partial charge is 0.497 e. The third kappa shape index (κ3) is 4.74. The quantitative estimate of drug-likeness (QED) is 0.793. The van der Waals surface area contributed by atoms with Gasteiger partial charge in [-0.05, 0) is 24.1 Å². The number of methoxy groups -OCH3 is 2. The third-order valence-corrected chi connectivity index (χ3v) is 2.80. The van der Waals surface area contributed by atoms with E-state index in [0.29, 0.717) is 18.1 Å². The van der Waals surface area contributed by atoms with Crippen molar-refractivity contribution in [3.05, 3.63) is 23.8 Å². The van der Waals surface area contributed by atoms with Gasteiger partial charge in [0.05, 0.1) is 20.8 Å². The average Bonchev–Trinajstić information content (AvgIpc) is 2.42. The standard InChI is InChI=1S/C15H22O5/c1-10(2)9-20-14(15(16)17)8-11-7-12(18-3)5-6-13(11)19-4/h5-7,10,14H,8-9H2,1-4H3,(H,16,17)/t14-/m1/s1. The lowest BCUT2D eigenvalue weighted by Gasteiger charge is -2.17. The molecule has 0 spiro atoms. The lowest BCUT2D eigenvalue weighted by atomic mass is 10.1. The number of carboxylic acid groups (broad SMARTS) is 1. The smallest absolute Gasteiger partial charge is 0.333 e. The fourth-order valence-electron chi connectivity index (χ4n) is 1.77. The lowest BCUT2D eigenvalue weighted by molar-refractivity contribution is -0.150. The van der Waals surface area contributed by atoms with Gasteiger partial charge in [0.25, 0.3) is 0 Å². The Labute approximate surface area is 119 Å². The van der Waals surface area contributed by atoms with Crippen molar-refractivity contribution in [2.75, 3.05) is 20.8 Å². The molecule has 0 saturated carbocycles. The predicted molar refractivity (Wildman–Crippen MR) is 75.5 cm³/mol. The van der Waals surface area contributed by atoms with E-state index in [4.69, 9.17) is 14.2 Å². The monoisotopic (exact) mass is 282 g/mol. The van der Waals surface area contributed by atoms with Gasteiger partial charge in [-0.2, -0.15) is 0 Å². The van der Waals surface area contributed by atoms with Gasteiger partial charge in [0.15, 0.2) is 6.10 Å². The topological polar surface area (TPSA) is 65.0 Å². The zero-order valence-electron chi connectivity index (χ0n) is 12.4. The normalized spacial score (nSPS) is 12.2. The maximum absolute atomic E-state index is 11.3. The van der Waals surface area contributed by atoms with Crippen molar-refractivity contribution in [2.24, 2.45) is 5.92 Å². The molecule has 20 heavy (non-hydrogen) atoms. The third-order valence-electron chi connectivity index (χ3n) is 2.80. The second-order valence-corrected chi connectivity index (χ2v) is 4.94. The van der Waals surface area contributed by atoms with E-state index in [1.807, 2.05) is 13.8 Å². The Hall–Kier alpha value is -1.75. The summed E-state index contributed by atoms with van der Waals surface area (Å²) in [6.07, 6.45) is -0.652. The van der Waals surface area contributed by atoms with Crippen LogP contribution >= 0.6 is 0 Å². The molecule has 0 saturated heterocycles. The molecule has 0 aliphatic heterocycles. The molecule has 5 heteroatoms. The van der Waals surface area contributed by atoms with E-state index in [9.17, 15) is 9.90 Å². The van der Waals surface area contributed by atoms with E-state index < -0.39 is 12.1 Å². The van der Waals surface area contributed by atoms with Crippen molar-refractivity contribution in [1.29, 1.82) is 0 Å². The SMILES string of the molecule is COc1ccc(OC)c(C[C@@H](OCC(C)C)C(=O)O)c1. The molecule has 112 valence electrons. The molecule has 1 rings (SSSR count). The van der Waals surface area contributed by atoms with E-state index in [1.54, 1.807) is 32.4 Å². The van der Waals surface area contributed by atoms with Gasteiger partial charge in [0.2, 0.25) is 0 Å². The molecule has 1 aromatic rings. The Kier molecular flexibility index (Phi) is 6.31. The van der Waals surface area contributed by atoms with Crippen LogP contribution in [0.15, 0.2) is 18.2 Å². The van der Waals surface area contributed by atoms with Gasteiger partial charge in [0.1, 0.15) is 11.5 Å². The zero-order valence-corrected chi connectivity index (χ0v) is 12.4.